The predicted octanol–water partition coefficient (Wildman–Crippen LogP) is 1.44. The maximum Gasteiger partial charge on any atom is 0.194 e. The lowest BCUT2D eigenvalue weighted by Gasteiger charge is -2.32. The number of hydrogen-bond donors (Lipinski definition) is 0. The Morgan fingerprint density at radius 3 is 2.60 bits per heavy atom. The molecule has 10 heavy (non-hydrogen) atoms. The molecule has 0 aromatic rings. The van der Waals surface area contributed by atoms with Gasteiger partial charge < -0.3 is 5.21 Å². The van der Waals surface area contributed by atoms with Crippen LogP contribution in [0.4, 0.5) is 0 Å². The molecule has 0 aliphatic carbocycles. The van der Waals surface area contributed by atoms with E-state index in [1.54, 1.807) is 0 Å². The van der Waals surface area contributed by atoms with Crippen LogP contribution in [0, 0.1) is 5.21 Å². The van der Waals surface area contributed by atoms with E-state index in [1.165, 1.54) is 10.5 Å². The van der Waals surface area contributed by atoms with E-state index >= 15 is 0 Å². The van der Waals surface area contributed by atoms with Crippen molar-refractivity contribution in [1.82, 2.24) is 4.42 Å². The first kappa shape index (κ1) is 8.30. The van der Waals surface area contributed by atoms with E-state index in [0.717, 1.165) is 0 Å². The first-order valence-electron chi connectivity index (χ1n) is 2.91. The van der Waals surface area contributed by atoms with Crippen molar-refractivity contribution in [2.45, 2.75) is 6.17 Å². The molecule has 58 valence electrons. The van der Waals surface area contributed by atoms with Gasteiger partial charge in [-0.05, 0) is 17.9 Å². The molecule has 1 aliphatic heterocycles. The van der Waals surface area contributed by atoms with E-state index in [4.69, 9.17) is 23.6 Å². The molecule has 1 saturated heterocycles. The van der Waals surface area contributed by atoms with Gasteiger partial charge in [-0.3, -0.25) is 0 Å². The van der Waals surface area contributed by atoms with Crippen molar-refractivity contribution in [3.05, 3.63) is 17.9 Å². The molecule has 0 amide bonds. The second-order valence-corrected chi connectivity index (χ2v) is 3.21. The average Bonchev–Trinajstić information content (AvgIpc) is 2.07. The Morgan fingerprint density at radius 2 is 2.40 bits per heavy atom. The normalized spacial score (nSPS) is 42.1. The lowest BCUT2D eigenvalue weighted by Crippen LogP contribution is -2.38. The smallest absolute Gasteiger partial charge is 0.194 e. The summed E-state index contributed by atoms with van der Waals surface area (Å²) >= 11 is 11.1. The Hall–Kier alpha value is 0.200. The van der Waals surface area contributed by atoms with E-state index in [1.807, 2.05) is 0 Å². The minimum Gasteiger partial charge on any atom is -0.612 e. The van der Waals surface area contributed by atoms with E-state index in [9.17, 15) is 5.21 Å². The summed E-state index contributed by atoms with van der Waals surface area (Å²) in [5.41, 5.74) is 0. The molecule has 1 fully saturated rings. The highest BCUT2D eigenvalue weighted by atomic mass is 35.5. The Balaban J connectivity index is 2.72. The largest absolute Gasteiger partial charge is 0.612 e. The van der Waals surface area contributed by atoms with Crippen LogP contribution >= 0.6 is 23.6 Å². The van der Waals surface area contributed by atoms with Gasteiger partial charge in [0.15, 0.2) is 17.9 Å². The molecule has 0 aromatic heterocycles. The van der Waals surface area contributed by atoms with E-state index in [0.29, 0.717) is 13.1 Å². The Labute approximate surface area is 69.8 Å². The van der Waals surface area contributed by atoms with Crippen LogP contribution in [0.15, 0.2) is 12.7 Å². The lowest BCUT2D eigenvalue weighted by atomic mass is 10.5. The standard InChI is InChI=1S/C5H8Cl2N2O/c1-2-5-8(6)3-4-9(5,7)10/h2,5H,1,3-4H2. The first-order valence-corrected chi connectivity index (χ1v) is 3.59. The van der Waals surface area contributed by atoms with Crippen LogP contribution < -0.4 is 0 Å². The summed E-state index contributed by atoms with van der Waals surface area (Å²) in [4.78, 5) is 0. The third kappa shape index (κ3) is 1.28. The summed E-state index contributed by atoms with van der Waals surface area (Å²) in [7, 11) is 0. The zero-order chi connectivity index (χ0) is 7.78. The van der Waals surface area contributed by atoms with Gasteiger partial charge in [-0.2, -0.15) is 4.42 Å². The average molecular weight is 183 g/mol. The van der Waals surface area contributed by atoms with E-state index in [-0.39, 0.29) is 0 Å². The first-order chi connectivity index (χ1) is 4.58. The highest BCUT2D eigenvalue weighted by molar-refractivity contribution is 6.14. The summed E-state index contributed by atoms with van der Waals surface area (Å²) in [5, 5.41) is 11.2. The van der Waals surface area contributed by atoms with Crippen LogP contribution in [0.2, 0.25) is 0 Å². The monoisotopic (exact) mass is 182 g/mol. The van der Waals surface area contributed by atoms with Gasteiger partial charge in [0.05, 0.1) is 6.54 Å². The molecule has 2 unspecified atom stereocenters. The van der Waals surface area contributed by atoms with Crippen LogP contribution in [0.1, 0.15) is 0 Å². The number of quaternary nitrogens is 1. The Kier molecular flexibility index (Phi) is 2.22. The SMILES string of the molecule is C=CC1N(Cl)CC[N+]1([O-])Cl. The third-order valence-electron chi connectivity index (χ3n) is 1.51. The molecule has 2 atom stereocenters. The fourth-order valence-electron chi connectivity index (χ4n) is 0.955. The second-order valence-electron chi connectivity index (χ2n) is 2.20. The predicted molar refractivity (Wildman–Crippen MR) is 40.9 cm³/mol. The molecule has 5 heteroatoms. The van der Waals surface area contributed by atoms with Crippen molar-refractivity contribution in [3.63, 3.8) is 0 Å². The number of halogens is 2. The van der Waals surface area contributed by atoms with Crippen molar-refractivity contribution in [3.8, 4) is 0 Å². The maximum absolute atomic E-state index is 11.2. The van der Waals surface area contributed by atoms with Crippen molar-refractivity contribution in [1.29, 1.82) is 0 Å². The molecule has 0 spiro atoms. The van der Waals surface area contributed by atoms with Crippen LogP contribution in [-0.2, 0) is 0 Å². The lowest BCUT2D eigenvalue weighted by molar-refractivity contribution is -0.772. The molecular weight excluding hydrogens is 175 g/mol. The fraction of sp³-hybridized carbons (Fsp3) is 0.600. The minimum absolute atomic E-state index is 0.307. The van der Waals surface area contributed by atoms with Gasteiger partial charge in [0.2, 0.25) is 0 Å². The zero-order valence-electron chi connectivity index (χ0n) is 5.33. The molecule has 0 N–H and O–H groups in total. The van der Waals surface area contributed by atoms with Crippen LogP contribution in [-0.4, -0.2) is 27.8 Å². The van der Waals surface area contributed by atoms with Crippen molar-refractivity contribution >= 4 is 23.6 Å². The van der Waals surface area contributed by atoms with Gasteiger partial charge in [0.25, 0.3) is 0 Å². The van der Waals surface area contributed by atoms with Crippen molar-refractivity contribution in [2.24, 2.45) is 0 Å². The third-order valence-corrected chi connectivity index (χ3v) is 2.25. The van der Waals surface area contributed by atoms with Gasteiger partial charge in [-0.15, -0.1) is 0 Å². The molecule has 0 bridgehead atoms. The molecule has 0 aromatic carbocycles. The van der Waals surface area contributed by atoms with Gasteiger partial charge in [-0.1, -0.05) is 6.58 Å². The van der Waals surface area contributed by atoms with Crippen LogP contribution in [0.25, 0.3) is 0 Å². The zero-order valence-corrected chi connectivity index (χ0v) is 6.85. The summed E-state index contributed by atoms with van der Waals surface area (Å²) in [6.45, 7) is 4.28. The molecule has 3 nitrogen and oxygen atoms in total. The Morgan fingerprint density at radius 1 is 1.80 bits per heavy atom. The summed E-state index contributed by atoms with van der Waals surface area (Å²) in [5.74, 6) is 0. The number of rotatable bonds is 1. The number of hydrogen-bond acceptors (Lipinski definition) is 2. The summed E-state index contributed by atoms with van der Waals surface area (Å²) in [6.07, 6.45) is 0.948. The number of hydroxylamine groups is 2. The molecule has 1 rings (SSSR count). The molecular formula is C5H8Cl2N2O. The molecule has 0 radical (unpaired) electrons. The fourth-order valence-corrected chi connectivity index (χ4v) is 1.56. The van der Waals surface area contributed by atoms with Crippen molar-refractivity contribution < 1.29 is 4.17 Å². The molecule has 1 heterocycles. The minimum atomic E-state index is -0.854. The highest BCUT2D eigenvalue weighted by Gasteiger charge is 2.37. The van der Waals surface area contributed by atoms with Gasteiger partial charge in [-0.25, -0.2) is 4.17 Å². The highest BCUT2D eigenvalue weighted by Crippen LogP contribution is 2.27. The van der Waals surface area contributed by atoms with Gasteiger partial charge >= 0.3 is 0 Å². The van der Waals surface area contributed by atoms with E-state index < -0.39 is 10.3 Å². The van der Waals surface area contributed by atoms with Gasteiger partial charge in [0, 0.05) is 0 Å². The van der Waals surface area contributed by atoms with Crippen LogP contribution in [0.3, 0.4) is 0 Å². The quantitative estimate of drug-likeness (QED) is 0.349. The molecule has 0 saturated carbocycles. The second kappa shape index (κ2) is 2.68. The van der Waals surface area contributed by atoms with Crippen molar-refractivity contribution in [2.75, 3.05) is 13.1 Å². The summed E-state index contributed by atoms with van der Waals surface area (Å²) < 4.78 is 0.514. The van der Waals surface area contributed by atoms with Crippen LogP contribution in [0.5, 0.6) is 0 Å². The molecule has 1 aliphatic rings. The summed E-state index contributed by atoms with van der Waals surface area (Å²) in [6, 6.07) is 0. The Bertz CT molecular complexity index is 151. The maximum atomic E-state index is 11.2. The van der Waals surface area contributed by atoms with E-state index in [2.05, 4.69) is 6.58 Å². The number of nitrogens with zero attached hydrogens (tertiary/aromatic N) is 2. The van der Waals surface area contributed by atoms with Gasteiger partial charge in [0.1, 0.15) is 6.54 Å². The topological polar surface area (TPSA) is 26.3 Å².